The normalized spacial score (nSPS) is 11.2. The first-order valence-electron chi connectivity index (χ1n) is 8.96. The van der Waals surface area contributed by atoms with E-state index >= 15 is 0 Å². The molecule has 1 heterocycles. The summed E-state index contributed by atoms with van der Waals surface area (Å²) in [5.41, 5.74) is 4.53. The third kappa shape index (κ3) is 4.81. The average Bonchev–Trinajstić information content (AvgIpc) is 2.54. The van der Waals surface area contributed by atoms with Gasteiger partial charge in [-0.25, -0.2) is 0 Å². The zero-order valence-electron chi connectivity index (χ0n) is 16.1. The molecule has 4 heteroatoms. The van der Waals surface area contributed by atoms with E-state index in [-0.39, 0.29) is 5.91 Å². The summed E-state index contributed by atoms with van der Waals surface area (Å²) in [7, 11) is 0. The molecule has 0 aliphatic rings. The Labute approximate surface area is 151 Å². The zero-order chi connectivity index (χ0) is 18.6. The first kappa shape index (κ1) is 19.0. The lowest BCUT2D eigenvalue weighted by atomic mass is 9.92. The van der Waals surface area contributed by atoms with Crippen molar-refractivity contribution >= 4 is 17.3 Å². The molecule has 2 aromatic rings. The van der Waals surface area contributed by atoms with Gasteiger partial charge in [-0.1, -0.05) is 45.9 Å². The maximum absolute atomic E-state index is 12.8. The van der Waals surface area contributed by atoms with Crippen LogP contribution < -0.4 is 10.6 Å². The summed E-state index contributed by atoms with van der Waals surface area (Å²) in [6.45, 7) is 12.7. The second kappa shape index (κ2) is 8.15. The van der Waals surface area contributed by atoms with Crippen LogP contribution in [0, 0.1) is 0 Å². The van der Waals surface area contributed by atoms with Crippen molar-refractivity contribution in [3.8, 4) is 0 Å². The molecule has 0 spiro atoms. The van der Waals surface area contributed by atoms with Gasteiger partial charge in [0.2, 0.25) is 0 Å². The van der Waals surface area contributed by atoms with Gasteiger partial charge in [-0.15, -0.1) is 0 Å². The average molecular weight is 339 g/mol. The molecule has 2 N–H and O–H groups in total. The van der Waals surface area contributed by atoms with Crippen molar-refractivity contribution in [3.05, 3.63) is 53.3 Å². The third-order valence-electron chi connectivity index (χ3n) is 4.06. The van der Waals surface area contributed by atoms with Gasteiger partial charge >= 0.3 is 0 Å². The number of aromatic nitrogens is 1. The maximum Gasteiger partial charge on any atom is 0.274 e. The predicted octanol–water partition coefficient (Wildman–Crippen LogP) is 5.40. The molecule has 0 saturated heterocycles. The summed E-state index contributed by atoms with van der Waals surface area (Å²) in [5.74, 6) is 0.481. The standard InChI is InChI=1S/C21H29N3O/c1-13(2)17-8-7-9-18(14(3)4)20(17)24-21(25)19-12-16(10-11-22-19)23-15(5)6/h7-15H,1-6H3,(H,22,23)(H,24,25). The first-order chi connectivity index (χ1) is 11.8. The van der Waals surface area contributed by atoms with E-state index in [1.807, 2.05) is 6.07 Å². The number of rotatable bonds is 6. The van der Waals surface area contributed by atoms with E-state index in [1.165, 1.54) is 0 Å². The summed E-state index contributed by atoms with van der Waals surface area (Å²) in [6.07, 6.45) is 1.66. The monoisotopic (exact) mass is 339 g/mol. The highest BCUT2D eigenvalue weighted by molar-refractivity contribution is 6.04. The second-order valence-corrected chi connectivity index (χ2v) is 7.30. The van der Waals surface area contributed by atoms with Gasteiger partial charge in [0.05, 0.1) is 0 Å². The zero-order valence-corrected chi connectivity index (χ0v) is 16.1. The number of amides is 1. The van der Waals surface area contributed by atoms with Crippen molar-refractivity contribution in [2.75, 3.05) is 10.6 Å². The summed E-state index contributed by atoms with van der Waals surface area (Å²) in [5, 5.41) is 6.41. The Hall–Kier alpha value is -2.36. The van der Waals surface area contributed by atoms with Crippen LogP contribution in [0.2, 0.25) is 0 Å². The van der Waals surface area contributed by atoms with Crippen LogP contribution in [-0.2, 0) is 0 Å². The fraction of sp³-hybridized carbons (Fsp3) is 0.429. The van der Waals surface area contributed by atoms with Crippen LogP contribution in [0.4, 0.5) is 11.4 Å². The smallest absolute Gasteiger partial charge is 0.274 e. The van der Waals surface area contributed by atoms with E-state index in [2.05, 4.69) is 75.4 Å². The molecule has 4 nitrogen and oxygen atoms in total. The quantitative estimate of drug-likeness (QED) is 0.741. The number of nitrogens with one attached hydrogen (secondary N) is 2. The van der Waals surface area contributed by atoms with E-state index in [9.17, 15) is 4.79 Å². The Morgan fingerprint density at radius 1 is 0.960 bits per heavy atom. The number of para-hydroxylation sites is 1. The molecule has 0 atom stereocenters. The number of anilines is 2. The van der Waals surface area contributed by atoms with Crippen LogP contribution in [0.3, 0.4) is 0 Å². The topological polar surface area (TPSA) is 54.0 Å². The number of benzene rings is 1. The van der Waals surface area contributed by atoms with Gasteiger partial charge in [0.15, 0.2) is 0 Å². The highest BCUT2D eigenvalue weighted by Gasteiger charge is 2.17. The van der Waals surface area contributed by atoms with Crippen LogP contribution >= 0.6 is 0 Å². The molecule has 0 saturated carbocycles. The summed E-state index contributed by atoms with van der Waals surface area (Å²) in [4.78, 5) is 17.0. The van der Waals surface area contributed by atoms with Crippen LogP contribution in [0.15, 0.2) is 36.5 Å². The van der Waals surface area contributed by atoms with Crippen molar-refractivity contribution in [2.45, 2.75) is 59.4 Å². The van der Waals surface area contributed by atoms with Gasteiger partial charge in [-0.05, 0) is 48.9 Å². The Balaban J connectivity index is 2.35. The molecule has 1 aromatic heterocycles. The van der Waals surface area contributed by atoms with E-state index in [4.69, 9.17) is 0 Å². The largest absolute Gasteiger partial charge is 0.383 e. The van der Waals surface area contributed by atoms with Crippen LogP contribution in [0.1, 0.15) is 75.0 Å². The minimum Gasteiger partial charge on any atom is -0.383 e. The molecule has 25 heavy (non-hydrogen) atoms. The highest BCUT2D eigenvalue weighted by Crippen LogP contribution is 2.32. The highest BCUT2D eigenvalue weighted by atomic mass is 16.1. The van der Waals surface area contributed by atoms with E-state index in [1.54, 1.807) is 12.3 Å². The number of pyridine rings is 1. The first-order valence-corrected chi connectivity index (χ1v) is 8.96. The lowest BCUT2D eigenvalue weighted by Crippen LogP contribution is -2.18. The van der Waals surface area contributed by atoms with E-state index < -0.39 is 0 Å². The Bertz CT molecular complexity index is 709. The molecule has 0 aliphatic carbocycles. The fourth-order valence-electron chi connectivity index (χ4n) is 2.85. The lowest BCUT2D eigenvalue weighted by Gasteiger charge is -2.20. The molecule has 1 amide bonds. The van der Waals surface area contributed by atoms with E-state index in [0.29, 0.717) is 23.6 Å². The van der Waals surface area contributed by atoms with Crippen molar-refractivity contribution < 1.29 is 4.79 Å². The fourth-order valence-corrected chi connectivity index (χ4v) is 2.85. The molecule has 0 fully saturated rings. The Morgan fingerprint density at radius 3 is 2.08 bits per heavy atom. The van der Waals surface area contributed by atoms with Gasteiger partial charge in [-0.2, -0.15) is 0 Å². The molecule has 1 aromatic carbocycles. The number of hydrogen-bond acceptors (Lipinski definition) is 3. The molecule has 2 rings (SSSR count). The van der Waals surface area contributed by atoms with Gasteiger partial charge in [0, 0.05) is 23.6 Å². The van der Waals surface area contributed by atoms with Crippen LogP contribution in [-0.4, -0.2) is 16.9 Å². The maximum atomic E-state index is 12.8. The van der Waals surface area contributed by atoms with E-state index in [0.717, 1.165) is 22.5 Å². The molecule has 0 radical (unpaired) electrons. The van der Waals surface area contributed by atoms with Crippen molar-refractivity contribution in [2.24, 2.45) is 0 Å². The van der Waals surface area contributed by atoms with Gasteiger partial charge in [-0.3, -0.25) is 9.78 Å². The second-order valence-electron chi connectivity index (χ2n) is 7.30. The SMILES string of the molecule is CC(C)Nc1ccnc(C(=O)Nc2c(C(C)C)cccc2C(C)C)c1. The summed E-state index contributed by atoms with van der Waals surface area (Å²) < 4.78 is 0. The lowest BCUT2D eigenvalue weighted by molar-refractivity contribution is 0.102. The van der Waals surface area contributed by atoms with Crippen molar-refractivity contribution in [3.63, 3.8) is 0 Å². The number of hydrogen-bond donors (Lipinski definition) is 2. The Kier molecular flexibility index (Phi) is 6.18. The molecule has 0 unspecified atom stereocenters. The summed E-state index contributed by atoms with van der Waals surface area (Å²) in [6, 6.07) is 10.2. The van der Waals surface area contributed by atoms with Gasteiger partial charge in [0.1, 0.15) is 5.69 Å². The van der Waals surface area contributed by atoms with Crippen molar-refractivity contribution in [1.29, 1.82) is 0 Å². The van der Waals surface area contributed by atoms with Crippen molar-refractivity contribution in [1.82, 2.24) is 4.98 Å². The number of carbonyl (C=O) groups excluding carboxylic acids is 1. The molecule has 0 aliphatic heterocycles. The van der Waals surface area contributed by atoms with Gasteiger partial charge < -0.3 is 10.6 Å². The molecule has 134 valence electrons. The third-order valence-corrected chi connectivity index (χ3v) is 4.06. The minimum absolute atomic E-state index is 0.178. The molecular formula is C21H29N3O. The minimum atomic E-state index is -0.178. The predicted molar refractivity (Wildman–Crippen MR) is 106 cm³/mol. The summed E-state index contributed by atoms with van der Waals surface area (Å²) >= 11 is 0. The molecular weight excluding hydrogens is 310 g/mol. The van der Waals surface area contributed by atoms with Crippen LogP contribution in [0.25, 0.3) is 0 Å². The Morgan fingerprint density at radius 2 is 1.56 bits per heavy atom. The van der Waals surface area contributed by atoms with Crippen LogP contribution in [0.5, 0.6) is 0 Å². The number of carbonyl (C=O) groups is 1. The van der Waals surface area contributed by atoms with Gasteiger partial charge in [0.25, 0.3) is 5.91 Å². The molecule has 0 bridgehead atoms. The number of nitrogens with zero attached hydrogens (tertiary/aromatic N) is 1.